The first kappa shape index (κ1) is 14.8. The van der Waals surface area contributed by atoms with Gasteiger partial charge in [0.2, 0.25) is 0 Å². The summed E-state index contributed by atoms with van der Waals surface area (Å²) in [6.07, 6.45) is 0.965. The lowest BCUT2D eigenvalue weighted by Gasteiger charge is -2.38. The van der Waals surface area contributed by atoms with E-state index in [9.17, 15) is 4.39 Å². The van der Waals surface area contributed by atoms with Crippen LogP contribution in [-0.2, 0) is 6.42 Å². The quantitative estimate of drug-likeness (QED) is 0.902. The SMILES string of the molecule is CC(CN)N1CCN(CC2Cc3cc(F)ccc3O2)CC1. The van der Waals surface area contributed by atoms with Crippen LogP contribution in [0.25, 0.3) is 0 Å². The number of rotatable bonds is 4. The molecule has 0 amide bonds. The molecule has 1 aromatic carbocycles. The van der Waals surface area contributed by atoms with Gasteiger partial charge in [-0.05, 0) is 25.1 Å². The van der Waals surface area contributed by atoms with Crippen molar-refractivity contribution in [2.75, 3.05) is 39.3 Å². The van der Waals surface area contributed by atoms with Crippen LogP contribution in [0, 0.1) is 5.82 Å². The van der Waals surface area contributed by atoms with Crippen LogP contribution in [0.2, 0.25) is 0 Å². The Bertz CT molecular complexity index is 488. The largest absolute Gasteiger partial charge is 0.488 e. The Morgan fingerprint density at radius 3 is 2.81 bits per heavy atom. The predicted molar refractivity (Wildman–Crippen MR) is 81.0 cm³/mol. The third-order valence-corrected chi connectivity index (χ3v) is 4.60. The molecule has 1 fully saturated rings. The number of fused-ring (bicyclic) bond motifs is 1. The zero-order valence-electron chi connectivity index (χ0n) is 12.6. The molecule has 2 aliphatic rings. The molecule has 0 aliphatic carbocycles. The fourth-order valence-corrected chi connectivity index (χ4v) is 3.21. The Labute approximate surface area is 125 Å². The number of hydrogen-bond donors (Lipinski definition) is 1. The lowest BCUT2D eigenvalue weighted by atomic mass is 10.1. The summed E-state index contributed by atoms with van der Waals surface area (Å²) in [5.74, 6) is 0.666. The molecule has 0 bridgehead atoms. The van der Waals surface area contributed by atoms with Crippen molar-refractivity contribution in [2.45, 2.75) is 25.5 Å². The van der Waals surface area contributed by atoms with Gasteiger partial charge in [-0.15, -0.1) is 0 Å². The van der Waals surface area contributed by atoms with Crippen molar-refractivity contribution in [1.82, 2.24) is 9.80 Å². The molecule has 0 radical (unpaired) electrons. The van der Waals surface area contributed by atoms with E-state index in [0.29, 0.717) is 12.6 Å². The van der Waals surface area contributed by atoms with Crippen molar-refractivity contribution in [2.24, 2.45) is 5.73 Å². The van der Waals surface area contributed by atoms with Gasteiger partial charge >= 0.3 is 0 Å². The minimum atomic E-state index is -0.178. The second-order valence-corrected chi connectivity index (χ2v) is 6.12. The zero-order chi connectivity index (χ0) is 14.8. The van der Waals surface area contributed by atoms with Crippen LogP contribution in [0.1, 0.15) is 12.5 Å². The fourth-order valence-electron chi connectivity index (χ4n) is 3.21. The van der Waals surface area contributed by atoms with Gasteiger partial charge < -0.3 is 10.5 Å². The minimum absolute atomic E-state index is 0.153. The molecule has 5 heteroatoms. The van der Waals surface area contributed by atoms with Crippen LogP contribution in [-0.4, -0.2) is 61.2 Å². The molecule has 2 unspecified atom stereocenters. The molecule has 21 heavy (non-hydrogen) atoms. The first-order valence-electron chi connectivity index (χ1n) is 7.77. The molecule has 0 saturated carbocycles. The highest BCUT2D eigenvalue weighted by Gasteiger charge is 2.27. The second kappa shape index (κ2) is 6.30. The summed E-state index contributed by atoms with van der Waals surface area (Å²) in [7, 11) is 0. The molecular weight excluding hydrogens is 269 g/mol. The molecule has 4 nitrogen and oxygen atoms in total. The number of halogens is 1. The first-order valence-corrected chi connectivity index (χ1v) is 7.77. The Morgan fingerprint density at radius 1 is 1.33 bits per heavy atom. The van der Waals surface area contributed by atoms with E-state index in [1.807, 2.05) is 0 Å². The summed E-state index contributed by atoms with van der Waals surface area (Å²) in [4.78, 5) is 4.88. The number of piperazine rings is 1. The van der Waals surface area contributed by atoms with Gasteiger partial charge in [0.15, 0.2) is 0 Å². The monoisotopic (exact) mass is 293 g/mol. The topological polar surface area (TPSA) is 41.7 Å². The van der Waals surface area contributed by atoms with Crippen LogP contribution in [0.15, 0.2) is 18.2 Å². The highest BCUT2D eigenvalue weighted by atomic mass is 19.1. The van der Waals surface area contributed by atoms with Gasteiger partial charge in [-0.1, -0.05) is 0 Å². The average molecular weight is 293 g/mol. The molecular formula is C16H24FN3O. The van der Waals surface area contributed by atoms with Crippen LogP contribution in [0.3, 0.4) is 0 Å². The highest BCUT2D eigenvalue weighted by Crippen LogP contribution is 2.29. The normalized spacial score (nSPS) is 24.6. The number of nitrogens with two attached hydrogens (primary N) is 1. The van der Waals surface area contributed by atoms with Gasteiger partial charge in [-0.3, -0.25) is 9.80 Å². The number of ether oxygens (including phenoxy) is 1. The molecule has 0 aromatic heterocycles. The van der Waals surface area contributed by atoms with Gasteiger partial charge in [-0.2, -0.15) is 0 Å². The van der Waals surface area contributed by atoms with Crippen molar-refractivity contribution < 1.29 is 9.13 Å². The van der Waals surface area contributed by atoms with Gasteiger partial charge in [0.05, 0.1) is 0 Å². The number of benzene rings is 1. The van der Waals surface area contributed by atoms with E-state index < -0.39 is 0 Å². The minimum Gasteiger partial charge on any atom is -0.488 e. The van der Waals surface area contributed by atoms with Crippen molar-refractivity contribution in [1.29, 1.82) is 0 Å². The van der Waals surface area contributed by atoms with Crippen LogP contribution in [0.4, 0.5) is 4.39 Å². The van der Waals surface area contributed by atoms with Gasteiger partial charge in [0.1, 0.15) is 17.7 Å². The third kappa shape index (κ3) is 3.36. The second-order valence-electron chi connectivity index (χ2n) is 6.12. The summed E-state index contributed by atoms with van der Waals surface area (Å²) >= 11 is 0. The smallest absolute Gasteiger partial charge is 0.123 e. The Kier molecular flexibility index (Phi) is 4.42. The van der Waals surface area contributed by atoms with Crippen molar-refractivity contribution in [3.63, 3.8) is 0 Å². The first-order chi connectivity index (χ1) is 10.2. The van der Waals surface area contributed by atoms with Crippen molar-refractivity contribution in [3.8, 4) is 5.75 Å². The Balaban J connectivity index is 1.49. The average Bonchev–Trinajstić information content (AvgIpc) is 2.88. The van der Waals surface area contributed by atoms with Crippen molar-refractivity contribution >= 4 is 0 Å². The van der Waals surface area contributed by atoms with E-state index in [4.69, 9.17) is 10.5 Å². The van der Waals surface area contributed by atoms with E-state index in [1.165, 1.54) is 6.07 Å². The summed E-state index contributed by atoms with van der Waals surface area (Å²) in [5.41, 5.74) is 6.72. The number of nitrogens with zero attached hydrogens (tertiary/aromatic N) is 2. The maximum absolute atomic E-state index is 13.2. The van der Waals surface area contributed by atoms with Gasteiger partial charge in [-0.25, -0.2) is 4.39 Å². The molecule has 1 saturated heterocycles. The fraction of sp³-hybridized carbons (Fsp3) is 0.625. The van der Waals surface area contributed by atoms with E-state index in [1.54, 1.807) is 12.1 Å². The molecule has 1 aromatic rings. The van der Waals surface area contributed by atoms with Crippen LogP contribution < -0.4 is 10.5 Å². The van der Waals surface area contributed by atoms with Gasteiger partial charge in [0.25, 0.3) is 0 Å². The third-order valence-electron chi connectivity index (χ3n) is 4.60. The summed E-state index contributed by atoms with van der Waals surface area (Å²) in [5, 5.41) is 0. The maximum Gasteiger partial charge on any atom is 0.123 e. The van der Waals surface area contributed by atoms with E-state index in [0.717, 1.165) is 50.5 Å². The molecule has 2 aliphatic heterocycles. The Hall–Kier alpha value is -1.17. The summed E-state index contributed by atoms with van der Waals surface area (Å²) in [6, 6.07) is 5.26. The van der Waals surface area contributed by atoms with E-state index in [-0.39, 0.29) is 11.9 Å². The molecule has 2 heterocycles. The molecule has 0 spiro atoms. The van der Waals surface area contributed by atoms with E-state index in [2.05, 4.69) is 16.7 Å². The van der Waals surface area contributed by atoms with Crippen LogP contribution >= 0.6 is 0 Å². The summed E-state index contributed by atoms with van der Waals surface area (Å²) in [6.45, 7) is 8.04. The number of hydrogen-bond acceptors (Lipinski definition) is 4. The Morgan fingerprint density at radius 2 is 2.10 bits per heavy atom. The zero-order valence-corrected chi connectivity index (χ0v) is 12.6. The highest BCUT2D eigenvalue weighted by molar-refractivity contribution is 5.37. The van der Waals surface area contributed by atoms with Crippen LogP contribution in [0.5, 0.6) is 5.75 Å². The van der Waals surface area contributed by atoms with Crippen molar-refractivity contribution in [3.05, 3.63) is 29.6 Å². The molecule has 3 rings (SSSR count). The lowest BCUT2D eigenvalue weighted by molar-refractivity contribution is 0.0759. The summed E-state index contributed by atoms with van der Waals surface area (Å²) < 4.78 is 19.1. The standard InChI is InChI=1S/C16H24FN3O/c1-12(10-18)20-6-4-19(5-7-20)11-15-9-13-8-14(17)2-3-16(13)21-15/h2-3,8,12,15H,4-7,9-11,18H2,1H3. The molecule has 2 atom stereocenters. The predicted octanol–water partition coefficient (Wildman–Crippen LogP) is 1.09. The lowest BCUT2D eigenvalue weighted by Crippen LogP contribution is -2.52. The maximum atomic E-state index is 13.2. The van der Waals surface area contributed by atoms with E-state index >= 15 is 0 Å². The molecule has 2 N–H and O–H groups in total. The molecule has 116 valence electrons. The van der Waals surface area contributed by atoms with Gasteiger partial charge in [0, 0.05) is 57.3 Å².